The molecule has 0 saturated heterocycles. The van der Waals surface area contributed by atoms with E-state index in [1.165, 1.54) is 90.7 Å². The summed E-state index contributed by atoms with van der Waals surface area (Å²) >= 11 is 0. The first-order chi connectivity index (χ1) is 18.2. The normalized spacial score (nSPS) is 15.2. The van der Waals surface area contributed by atoms with Crippen molar-refractivity contribution < 1.29 is 0 Å². The predicted molar refractivity (Wildman–Crippen MR) is 169 cm³/mol. The van der Waals surface area contributed by atoms with Crippen molar-refractivity contribution in [1.82, 2.24) is 10.2 Å². The molecular formula is C36H58N2. The van der Waals surface area contributed by atoms with Crippen molar-refractivity contribution in [1.29, 1.82) is 0 Å². The van der Waals surface area contributed by atoms with Gasteiger partial charge in [-0.25, -0.2) is 0 Å². The first-order valence-corrected chi connectivity index (χ1v) is 15.5. The fourth-order valence-corrected chi connectivity index (χ4v) is 5.35. The van der Waals surface area contributed by atoms with Crippen LogP contribution in [0.25, 0.3) is 0 Å². The number of benzene rings is 1. The van der Waals surface area contributed by atoms with Gasteiger partial charge in [-0.1, -0.05) is 114 Å². The quantitative estimate of drug-likeness (QED) is 0.183. The van der Waals surface area contributed by atoms with Crippen LogP contribution in [0.4, 0.5) is 0 Å². The van der Waals surface area contributed by atoms with Gasteiger partial charge in [-0.05, 0) is 82.3 Å². The highest BCUT2D eigenvalue weighted by Crippen LogP contribution is 2.31. The number of nitrogens with zero attached hydrogens (tertiary/aromatic N) is 1. The molecule has 1 aliphatic rings. The van der Waals surface area contributed by atoms with E-state index in [4.69, 9.17) is 0 Å². The molecule has 0 aliphatic heterocycles. The van der Waals surface area contributed by atoms with E-state index in [0.29, 0.717) is 5.92 Å². The number of nitrogens with one attached hydrogen (secondary N) is 1. The Morgan fingerprint density at radius 1 is 0.947 bits per heavy atom. The van der Waals surface area contributed by atoms with E-state index >= 15 is 0 Å². The molecule has 1 aromatic carbocycles. The highest BCUT2D eigenvalue weighted by Gasteiger charge is 2.20. The number of rotatable bonds is 19. The predicted octanol–water partition coefficient (Wildman–Crippen LogP) is 10.3. The Balaban J connectivity index is 1.85. The van der Waals surface area contributed by atoms with Gasteiger partial charge in [-0.3, -0.25) is 0 Å². The van der Waals surface area contributed by atoms with Crippen LogP contribution in [0.1, 0.15) is 116 Å². The van der Waals surface area contributed by atoms with Gasteiger partial charge in [-0.2, -0.15) is 0 Å². The molecule has 1 N–H and O–H groups in total. The van der Waals surface area contributed by atoms with Gasteiger partial charge in [0.2, 0.25) is 0 Å². The molecule has 0 bridgehead atoms. The highest BCUT2D eigenvalue weighted by atomic mass is 15.1. The van der Waals surface area contributed by atoms with Crippen LogP contribution < -0.4 is 5.32 Å². The standard InChI is InChI=1S/C36H58N2/c1-9-10-11-15-28(2)16-12-13-26-37-34(8)31(5)25-27-38(36-18-14-17-30(4)33(36)7)32(6)21-24-35-22-19-29(3)20-23-35/h18-20,22-23,28,31,37H,6,8-17,21,24-27H2,1-5,7H3. The van der Waals surface area contributed by atoms with Gasteiger partial charge in [0, 0.05) is 30.2 Å². The molecule has 2 heteroatoms. The van der Waals surface area contributed by atoms with Crippen LogP contribution in [-0.4, -0.2) is 18.0 Å². The van der Waals surface area contributed by atoms with E-state index in [-0.39, 0.29) is 0 Å². The third-order valence-corrected chi connectivity index (χ3v) is 8.53. The highest BCUT2D eigenvalue weighted by molar-refractivity contribution is 5.37. The number of unbranched alkanes of at least 4 members (excludes halogenated alkanes) is 3. The Kier molecular flexibility index (Phi) is 14.6. The van der Waals surface area contributed by atoms with E-state index in [1.54, 1.807) is 0 Å². The van der Waals surface area contributed by atoms with Crippen molar-refractivity contribution in [2.45, 2.75) is 119 Å². The van der Waals surface area contributed by atoms with E-state index in [9.17, 15) is 0 Å². The van der Waals surface area contributed by atoms with Crippen LogP contribution in [0.15, 0.2) is 71.7 Å². The van der Waals surface area contributed by atoms with E-state index in [0.717, 1.165) is 44.7 Å². The zero-order chi connectivity index (χ0) is 27.9. The molecule has 0 spiro atoms. The van der Waals surface area contributed by atoms with Crippen LogP contribution in [0.2, 0.25) is 0 Å². The summed E-state index contributed by atoms with van der Waals surface area (Å²) in [6.45, 7) is 24.8. The summed E-state index contributed by atoms with van der Waals surface area (Å²) in [6.07, 6.45) is 17.2. The van der Waals surface area contributed by atoms with E-state index < -0.39 is 0 Å². The lowest BCUT2D eigenvalue weighted by atomic mass is 9.94. The minimum atomic E-state index is 0.435. The Labute approximate surface area is 236 Å². The summed E-state index contributed by atoms with van der Waals surface area (Å²) in [5.41, 5.74) is 9.44. The zero-order valence-corrected chi connectivity index (χ0v) is 25.8. The van der Waals surface area contributed by atoms with Gasteiger partial charge in [0.05, 0.1) is 0 Å². The van der Waals surface area contributed by atoms with Gasteiger partial charge in [-0.15, -0.1) is 0 Å². The Morgan fingerprint density at radius 3 is 2.32 bits per heavy atom. The van der Waals surface area contributed by atoms with Gasteiger partial charge < -0.3 is 10.2 Å². The average Bonchev–Trinajstić information content (AvgIpc) is 2.90. The number of allylic oxidation sites excluding steroid dienone is 5. The first kappa shape index (κ1) is 32.0. The van der Waals surface area contributed by atoms with Crippen molar-refractivity contribution in [3.05, 3.63) is 82.9 Å². The summed E-state index contributed by atoms with van der Waals surface area (Å²) in [6, 6.07) is 8.94. The number of aryl methyl sites for hydroxylation is 2. The molecule has 212 valence electrons. The minimum absolute atomic E-state index is 0.435. The lowest BCUT2D eigenvalue weighted by Crippen LogP contribution is -2.28. The Bertz CT molecular complexity index is 917. The molecule has 0 fully saturated rings. The van der Waals surface area contributed by atoms with E-state index in [2.05, 4.69) is 95.3 Å². The van der Waals surface area contributed by atoms with Gasteiger partial charge in [0.15, 0.2) is 0 Å². The maximum absolute atomic E-state index is 4.58. The summed E-state index contributed by atoms with van der Waals surface area (Å²) in [5, 5.41) is 3.65. The van der Waals surface area contributed by atoms with Crippen LogP contribution in [0, 0.1) is 18.8 Å². The largest absolute Gasteiger partial charge is 0.389 e. The van der Waals surface area contributed by atoms with Crippen LogP contribution in [0.3, 0.4) is 0 Å². The van der Waals surface area contributed by atoms with Gasteiger partial charge in [0.1, 0.15) is 0 Å². The summed E-state index contributed by atoms with van der Waals surface area (Å²) in [7, 11) is 0. The van der Waals surface area contributed by atoms with Crippen molar-refractivity contribution in [3.8, 4) is 0 Å². The summed E-state index contributed by atoms with van der Waals surface area (Å²) in [5.74, 6) is 1.30. The smallest absolute Gasteiger partial charge is 0.0396 e. The molecular weight excluding hydrogens is 460 g/mol. The van der Waals surface area contributed by atoms with E-state index in [1.807, 2.05) is 0 Å². The Morgan fingerprint density at radius 2 is 1.63 bits per heavy atom. The molecule has 1 aliphatic carbocycles. The fourth-order valence-electron chi connectivity index (χ4n) is 5.35. The summed E-state index contributed by atoms with van der Waals surface area (Å²) in [4.78, 5) is 2.51. The fraction of sp³-hybridized carbons (Fsp3) is 0.611. The van der Waals surface area contributed by atoms with Gasteiger partial charge >= 0.3 is 0 Å². The molecule has 1 aromatic rings. The molecule has 0 aromatic heterocycles. The van der Waals surface area contributed by atoms with Crippen molar-refractivity contribution in [2.24, 2.45) is 11.8 Å². The van der Waals surface area contributed by atoms with Crippen LogP contribution >= 0.6 is 0 Å². The number of hydrogen-bond donors (Lipinski definition) is 1. The second-order valence-corrected chi connectivity index (χ2v) is 12.0. The number of hydrogen-bond acceptors (Lipinski definition) is 2. The zero-order valence-electron chi connectivity index (χ0n) is 25.8. The molecule has 2 atom stereocenters. The van der Waals surface area contributed by atoms with Crippen molar-refractivity contribution in [3.63, 3.8) is 0 Å². The third-order valence-electron chi connectivity index (χ3n) is 8.53. The summed E-state index contributed by atoms with van der Waals surface area (Å²) < 4.78 is 0. The van der Waals surface area contributed by atoms with Crippen LogP contribution in [-0.2, 0) is 6.42 Å². The molecule has 2 nitrogen and oxygen atoms in total. The molecule has 38 heavy (non-hydrogen) atoms. The SMILES string of the molecule is C=C(NCCCCC(C)CCCCC)C(C)CCN(C(=C)CCc1ccc(C)cc1)C1=CCCC(C)=C1C. The third kappa shape index (κ3) is 11.3. The monoisotopic (exact) mass is 518 g/mol. The Hall–Kier alpha value is -2.22. The molecule has 2 rings (SSSR count). The topological polar surface area (TPSA) is 15.3 Å². The second-order valence-electron chi connectivity index (χ2n) is 12.0. The molecule has 0 radical (unpaired) electrons. The lowest BCUT2D eigenvalue weighted by molar-refractivity contribution is 0.375. The maximum atomic E-state index is 4.58. The minimum Gasteiger partial charge on any atom is -0.389 e. The molecule has 0 saturated carbocycles. The first-order valence-electron chi connectivity index (χ1n) is 15.5. The lowest BCUT2D eigenvalue weighted by Gasteiger charge is -2.34. The molecule has 2 unspecified atom stereocenters. The van der Waals surface area contributed by atoms with Gasteiger partial charge in [0.25, 0.3) is 0 Å². The molecule has 0 amide bonds. The average molecular weight is 519 g/mol. The van der Waals surface area contributed by atoms with Crippen molar-refractivity contribution >= 4 is 0 Å². The van der Waals surface area contributed by atoms with Crippen molar-refractivity contribution in [2.75, 3.05) is 13.1 Å². The second kappa shape index (κ2) is 17.4. The molecule has 0 heterocycles. The van der Waals surface area contributed by atoms with Crippen LogP contribution in [0.5, 0.6) is 0 Å². The maximum Gasteiger partial charge on any atom is 0.0396 e.